The first-order chi connectivity index (χ1) is 30.9. The fraction of sp³-hybridized carbons (Fsp3) is 0.469. The van der Waals surface area contributed by atoms with Crippen LogP contribution < -0.4 is 10.6 Å². The van der Waals surface area contributed by atoms with Crippen molar-refractivity contribution >= 4 is 35.0 Å². The summed E-state index contributed by atoms with van der Waals surface area (Å²) in [4.78, 5) is 67.5. The maximum absolute atomic E-state index is 13.6. The zero-order valence-corrected chi connectivity index (χ0v) is 37.7. The third-order valence-electron chi connectivity index (χ3n) is 13.3. The summed E-state index contributed by atoms with van der Waals surface area (Å²) >= 11 is 0. The Morgan fingerprint density at radius 1 is 0.891 bits per heavy atom. The molecule has 0 radical (unpaired) electrons. The van der Waals surface area contributed by atoms with Gasteiger partial charge in [-0.15, -0.1) is 0 Å². The van der Waals surface area contributed by atoms with Gasteiger partial charge in [0.25, 0.3) is 0 Å². The molecule has 3 aromatic carbocycles. The van der Waals surface area contributed by atoms with E-state index >= 15 is 0 Å². The number of aromatic nitrogens is 4. The number of nitrogens with one attached hydrogen (secondary N) is 4. The molecule has 2 spiro atoms. The van der Waals surface area contributed by atoms with Crippen LogP contribution in [-0.4, -0.2) is 113 Å². The normalized spacial score (nSPS) is 18.6. The Labute approximate surface area is 374 Å². The Hall–Kier alpha value is -6.22. The van der Waals surface area contributed by atoms with Crippen LogP contribution in [0, 0.1) is 11.3 Å². The molecule has 338 valence electrons. The summed E-state index contributed by atoms with van der Waals surface area (Å²) in [5, 5.41) is 5.12. The Bertz CT molecular complexity index is 2510. The van der Waals surface area contributed by atoms with E-state index in [1.807, 2.05) is 35.9 Å². The maximum Gasteiger partial charge on any atom is 0.407 e. The van der Waals surface area contributed by atoms with Gasteiger partial charge in [-0.3, -0.25) is 9.59 Å². The van der Waals surface area contributed by atoms with Crippen LogP contribution in [0.5, 0.6) is 0 Å². The molecule has 2 aromatic heterocycles. The lowest BCUT2D eigenvalue weighted by Crippen LogP contribution is -2.51. The standard InChI is InChI=1S/C36H36N6O4.C10H16N2O3.C3H8/c1-20(2)32(41-35(44)45-3)34(43)42-12-4-5-31(42)33-39-28-11-8-22(15-29(28)40-33)21-6-9-24-25-10-7-23(30-16-37-19-38-30)14-27(25)36(17-46-18-36)26(24)13-21;1-15-9(14)11-6-8(13)12-5-4-10(7-12)2-3-10;1-3-2/h6-11,13-16,19-20,31-32H,4-5,12,17-18H2,1-3H3,(H,37,38)(H,39,40)(H,41,44);2-7H2,1H3,(H,11,14);3H2,1-2H3. The molecule has 5 aromatic rings. The number of fused-ring (bicyclic) bond motifs is 6. The predicted octanol–water partition coefficient (Wildman–Crippen LogP) is 7.73. The molecule has 4 fully saturated rings. The second-order valence-corrected chi connectivity index (χ2v) is 18.1. The molecule has 1 saturated carbocycles. The minimum Gasteiger partial charge on any atom is -0.453 e. The van der Waals surface area contributed by atoms with Crippen LogP contribution in [0.4, 0.5) is 9.59 Å². The van der Waals surface area contributed by atoms with Crippen LogP contribution in [0.15, 0.2) is 67.1 Å². The zero-order valence-electron chi connectivity index (χ0n) is 37.7. The number of nitrogens with zero attached hydrogens (tertiary/aromatic N) is 4. The molecular weight excluding hydrogens is 813 g/mol. The van der Waals surface area contributed by atoms with Gasteiger partial charge in [0.05, 0.1) is 68.1 Å². The van der Waals surface area contributed by atoms with Crippen LogP contribution in [0.1, 0.15) is 89.2 Å². The van der Waals surface area contributed by atoms with E-state index in [0.29, 0.717) is 25.2 Å². The van der Waals surface area contributed by atoms with E-state index in [-0.39, 0.29) is 35.7 Å². The maximum atomic E-state index is 13.6. The van der Waals surface area contributed by atoms with Crippen molar-refractivity contribution in [2.75, 3.05) is 53.6 Å². The number of H-pyrrole nitrogens is 2. The van der Waals surface area contributed by atoms with Gasteiger partial charge in [-0.1, -0.05) is 64.4 Å². The topological polar surface area (TPSA) is 184 Å². The van der Waals surface area contributed by atoms with Crippen LogP contribution in [0.2, 0.25) is 0 Å². The van der Waals surface area contributed by atoms with Crippen molar-refractivity contribution < 1.29 is 33.4 Å². The lowest BCUT2D eigenvalue weighted by Gasteiger charge is -2.40. The van der Waals surface area contributed by atoms with E-state index in [1.165, 1.54) is 55.7 Å². The highest BCUT2D eigenvalue weighted by Gasteiger charge is 2.50. The molecule has 2 aliphatic carbocycles. The Balaban J connectivity index is 0.000000261. The lowest BCUT2D eigenvalue weighted by atomic mass is 9.75. The number of hydrogen-bond acceptors (Lipinski definition) is 9. The molecule has 4 N–H and O–H groups in total. The molecule has 5 aliphatic rings. The van der Waals surface area contributed by atoms with E-state index in [9.17, 15) is 19.2 Å². The van der Waals surface area contributed by atoms with Crippen LogP contribution in [0.3, 0.4) is 0 Å². The predicted molar refractivity (Wildman–Crippen MR) is 243 cm³/mol. The van der Waals surface area contributed by atoms with E-state index in [1.54, 1.807) is 6.33 Å². The van der Waals surface area contributed by atoms with Crippen molar-refractivity contribution in [2.24, 2.45) is 11.3 Å². The minimum atomic E-state index is -0.670. The van der Waals surface area contributed by atoms with E-state index in [2.05, 4.69) is 92.7 Å². The number of amides is 4. The largest absolute Gasteiger partial charge is 0.453 e. The highest BCUT2D eigenvalue weighted by atomic mass is 16.5. The van der Waals surface area contributed by atoms with Gasteiger partial charge >= 0.3 is 12.2 Å². The summed E-state index contributed by atoms with van der Waals surface area (Å²) in [6, 6.07) is 18.9. The SMILES string of the molecule is CCC.COC(=O)NC(C(=O)N1CCCC1c1nc2ccc(-c3ccc4c(c3)C3(COC3)c3cc(-c5cnc[nH]5)ccc3-4)cc2[nH]1)C(C)C.COC(=O)NCC(=O)N1CCC2(CC2)C1. The number of rotatable bonds is 8. The fourth-order valence-corrected chi connectivity index (χ4v) is 9.50. The number of alkyl carbamates (subject to hydrolysis) is 2. The Morgan fingerprint density at radius 2 is 1.56 bits per heavy atom. The number of benzene rings is 3. The van der Waals surface area contributed by atoms with Crippen LogP contribution in [0.25, 0.3) is 44.5 Å². The Kier molecular flexibility index (Phi) is 12.8. The van der Waals surface area contributed by atoms with Gasteiger partial charge in [0, 0.05) is 19.6 Å². The van der Waals surface area contributed by atoms with Gasteiger partial charge in [-0.2, -0.15) is 0 Å². The van der Waals surface area contributed by atoms with Crippen LogP contribution >= 0.6 is 0 Å². The van der Waals surface area contributed by atoms with Crippen molar-refractivity contribution in [3.63, 3.8) is 0 Å². The average Bonchev–Trinajstić information content (AvgIpc) is 3.92. The number of likely N-dealkylation sites (tertiary alicyclic amines) is 2. The van der Waals surface area contributed by atoms with Gasteiger partial charge in [-0.25, -0.2) is 19.6 Å². The number of imidazole rings is 2. The van der Waals surface area contributed by atoms with E-state index in [4.69, 9.17) is 14.5 Å². The summed E-state index contributed by atoms with van der Waals surface area (Å²) in [7, 11) is 2.59. The van der Waals surface area contributed by atoms with E-state index < -0.39 is 18.2 Å². The van der Waals surface area contributed by atoms with Crippen molar-refractivity contribution in [1.82, 2.24) is 40.4 Å². The highest BCUT2D eigenvalue weighted by molar-refractivity contribution is 5.89. The number of hydrogen-bond donors (Lipinski definition) is 4. The smallest absolute Gasteiger partial charge is 0.407 e. The first kappa shape index (κ1) is 44.4. The first-order valence-electron chi connectivity index (χ1n) is 22.5. The van der Waals surface area contributed by atoms with Crippen molar-refractivity contribution in [2.45, 2.75) is 83.7 Å². The molecule has 5 heterocycles. The average molecular weight is 873 g/mol. The van der Waals surface area contributed by atoms with Gasteiger partial charge in [0.15, 0.2) is 0 Å². The molecule has 3 saturated heterocycles. The molecule has 3 aliphatic heterocycles. The molecule has 4 amide bonds. The number of aromatic amines is 2. The van der Waals surface area contributed by atoms with Crippen molar-refractivity contribution in [3.05, 3.63) is 84.1 Å². The number of carbonyl (C=O) groups is 4. The second kappa shape index (κ2) is 18.5. The quantitative estimate of drug-likeness (QED) is 0.121. The molecule has 10 rings (SSSR count). The number of methoxy groups -OCH3 is 2. The third kappa shape index (κ3) is 8.69. The number of carbonyl (C=O) groups excluding carboxylic acids is 4. The molecular formula is C49H60N8O7. The van der Waals surface area contributed by atoms with Crippen molar-refractivity contribution in [1.29, 1.82) is 0 Å². The molecule has 0 bridgehead atoms. The fourth-order valence-electron chi connectivity index (χ4n) is 9.50. The summed E-state index contributed by atoms with van der Waals surface area (Å²) < 4.78 is 15.0. The van der Waals surface area contributed by atoms with Crippen LogP contribution in [-0.2, 0) is 29.2 Å². The zero-order chi connectivity index (χ0) is 45.2. The van der Waals surface area contributed by atoms with Gasteiger partial charge in [0.1, 0.15) is 18.4 Å². The molecule has 2 unspecified atom stereocenters. The van der Waals surface area contributed by atoms with Crippen molar-refractivity contribution in [3.8, 4) is 33.5 Å². The monoisotopic (exact) mass is 872 g/mol. The molecule has 15 heteroatoms. The van der Waals surface area contributed by atoms with Gasteiger partial charge < -0.3 is 44.6 Å². The molecule has 64 heavy (non-hydrogen) atoms. The summed E-state index contributed by atoms with van der Waals surface area (Å²) in [5.74, 6) is 0.551. The first-order valence-corrected chi connectivity index (χ1v) is 22.5. The summed E-state index contributed by atoms with van der Waals surface area (Å²) in [5.41, 5.74) is 11.6. The Morgan fingerprint density at radius 3 is 2.17 bits per heavy atom. The van der Waals surface area contributed by atoms with Gasteiger partial charge in [0.2, 0.25) is 11.8 Å². The molecule has 2 atom stereocenters. The number of ether oxygens (including phenoxy) is 3. The summed E-state index contributed by atoms with van der Waals surface area (Å²) in [6.07, 6.45) is 8.96. The highest BCUT2D eigenvalue weighted by Crippen LogP contribution is 2.54. The lowest BCUT2D eigenvalue weighted by molar-refractivity contribution is -0.135. The third-order valence-corrected chi connectivity index (χ3v) is 13.3. The van der Waals surface area contributed by atoms with Gasteiger partial charge in [-0.05, 0) is 107 Å². The summed E-state index contributed by atoms with van der Waals surface area (Å²) in [6.45, 7) is 11.8. The second-order valence-electron chi connectivity index (χ2n) is 18.1. The minimum absolute atomic E-state index is 0.0100. The molecule has 15 nitrogen and oxygen atoms in total. The van der Waals surface area contributed by atoms with E-state index in [0.717, 1.165) is 71.6 Å².